The van der Waals surface area contributed by atoms with E-state index in [0.717, 1.165) is 12.1 Å². The number of carbonyl (C=O) groups is 1. The van der Waals surface area contributed by atoms with E-state index in [2.05, 4.69) is 5.16 Å². The molecule has 0 aromatic heterocycles. The summed E-state index contributed by atoms with van der Waals surface area (Å²) in [5.74, 6) is -2.38. The summed E-state index contributed by atoms with van der Waals surface area (Å²) in [6.07, 6.45) is -15.9. The molecule has 3 unspecified atom stereocenters. The van der Waals surface area contributed by atoms with Crippen LogP contribution in [0.4, 0.5) is 39.5 Å². The van der Waals surface area contributed by atoms with Crippen LogP contribution in [0.25, 0.3) is 11.1 Å². The van der Waals surface area contributed by atoms with Gasteiger partial charge in [0.05, 0.1) is 29.5 Å². The zero-order chi connectivity index (χ0) is 32.9. The van der Waals surface area contributed by atoms with E-state index in [9.17, 15) is 44.3 Å². The van der Waals surface area contributed by atoms with Gasteiger partial charge in [-0.3, -0.25) is 4.79 Å². The van der Waals surface area contributed by atoms with Gasteiger partial charge in [-0.1, -0.05) is 17.3 Å². The molecule has 240 valence electrons. The second kappa shape index (κ2) is 11.6. The van der Waals surface area contributed by atoms with Crippen LogP contribution in [0.15, 0.2) is 59.8 Å². The Bertz CT molecular complexity index is 1610. The molecule has 0 radical (unpaired) electrons. The largest absolute Gasteiger partial charge is 0.496 e. The summed E-state index contributed by atoms with van der Waals surface area (Å²) in [7, 11) is 1.36. The molecule has 0 saturated heterocycles. The molecule has 1 N–H and O–H groups in total. The van der Waals surface area contributed by atoms with E-state index in [4.69, 9.17) is 14.7 Å². The van der Waals surface area contributed by atoms with Crippen molar-refractivity contribution in [2.24, 2.45) is 11.1 Å². The van der Waals surface area contributed by atoms with Crippen LogP contribution in [-0.4, -0.2) is 23.9 Å². The Labute approximate surface area is 250 Å². The average molecular weight is 646 g/mol. The summed E-state index contributed by atoms with van der Waals surface area (Å²) in [4.78, 5) is 16.5. The fraction of sp³-hybridized carbons (Fsp3) is 0.355. The number of carboxylic acids is 1. The van der Waals surface area contributed by atoms with Gasteiger partial charge in [0.25, 0.3) is 0 Å². The van der Waals surface area contributed by atoms with Crippen molar-refractivity contribution in [1.82, 2.24) is 0 Å². The quantitative estimate of drug-likeness (QED) is 0.261. The molecule has 0 spiro atoms. The fourth-order valence-corrected chi connectivity index (χ4v) is 5.93. The van der Waals surface area contributed by atoms with E-state index in [0.29, 0.717) is 28.8 Å². The van der Waals surface area contributed by atoms with E-state index >= 15 is 0 Å². The predicted molar refractivity (Wildman–Crippen MR) is 143 cm³/mol. The number of fused-ring (bicyclic) bond motifs is 1. The number of ether oxygens (including phenoxy) is 1. The van der Waals surface area contributed by atoms with Gasteiger partial charge < -0.3 is 14.7 Å². The topological polar surface area (TPSA) is 68.1 Å². The van der Waals surface area contributed by atoms with Gasteiger partial charge in [0, 0.05) is 23.8 Å². The zero-order valence-electron chi connectivity index (χ0n) is 23.3. The van der Waals surface area contributed by atoms with Crippen molar-refractivity contribution < 1.29 is 59.0 Å². The first kappa shape index (κ1) is 32.2. The lowest BCUT2D eigenvalue weighted by molar-refractivity contribution is -0.143. The van der Waals surface area contributed by atoms with Crippen LogP contribution in [0.1, 0.15) is 64.7 Å². The Kier molecular flexibility index (Phi) is 8.30. The molecule has 1 fully saturated rings. The fourth-order valence-electron chi connectivity index (χ4n) is 5.93. The number of benzene rings is 3. The maximum atomic E-state index is 13.9. The molecule has 3 atom stereocenters. The number of halogens is 9. The lowest BCUT2D eigenvalue weighted by Gasteiger charge is -2.21. The minimum atomic E-state index is -5.08. The van der Waals surface area contributed by atoms with Crippen LogP contribution in [0.3, 0.4) is 0 Å². The van der Waals surface area contributed by atoms with Gasteiger partial charge in [-0.25, -0.2) is 0 Å². The molecule has 14 heteroatoms. The van der Waals surface area contributed by atoms with Crippen molar-refractivity contribution in [1.29, 1.82) is 0 Å². The van der Waals surface area contributed by atoms with Crippen LogP contribution < -0.4 is 4.74 Å². The number of oxime groups is 1. The molecule has 45 heavy (non-hydrogen) atoms. The van der Waals surface area contributed by atoms with Crippen molar-refractivity contribution in [3.8, 4) is 16.9 Å². The molecule has 5 nitrogen and oxygen atoms in total. The molecule has 1 saturated carbocycles. The van der Waals surface area contributed by atoms with Crippen molar-refractivity contribution in [2.45, 2.75) is 56.2 Å². The Morgan fingerprint density at radius 1 is 0.844 bits per heavy atom. The number of carboxylic acid groups (broad SMARTS) is 1. The normalized spacial score (nSPS) is 20.0. The monoisotopic (exact) mass is 645 g/mol. The molecule has 1 heterocycles. The number of aliphatic carboxylic acids is 1. The summed E-state index contributed by atoms with van der Waals surface area (Å²) in [5, 5.41) is 13.1. The molecule has 0 amide bonds. The summed E-state index contributed by atoms with van der Waals surface area (Å²) >= 11 is 0. The molecule has 3 aromatic rings. The second-order valence-electron chi connectivity index (χ2n) is 10.8. The zero-order valence-corrected chi connectivity index (χ0v) is 23.3. The van der Waals surface area contributed by atoms with Gasteiger partial charge in [-0.15, -0.1) is 0 Å². The van der Waals surface area contributed by atoms with Crippen molar-refractivity contribution in [2.75, 3.05) is 7.11 Å². The second-order valence-corrected chi connectivity index (χ2v) is 10.8. The van der Waals surface area contributed by atoms with Gasteiger partial charge in [-0.05, 0) is 84.0 Å². The first-order valence-electron chi connectivity index (χ1n) is 13.6. The highest BCUT2D eigenvalue weighted by Gasteiger charge is 2.47. The van der Waals surface area contributed by atoms with Crippen LogP contribution in [0.2, 0.25) is 0 Å². The first-order chi connectivity index (χ1) is 21.0. The number of methoxy groups -OCH3 is 1. The van der Waals surface area contributed by atoms with Crippen molar-refractivity contribution in [3.05, 3.63) is 88.0 Å². The van der Waals surface area contributed by atoms with E-state index in [1.807, 2.05) is 0 Å². The van der Waals surface area contributed by atoms with Crippen LogP contribution in [0.5, 0.6) is 5.75 Å². The number of alkyl halides is 9. The maximum absolute atomic E-state index is 13.9. The Morgan fingerprint density at radius 2 is 1.49 bits per heavy atom. The number of aryl methyl sites for hydroxylation is 1. The molecular weight excluding hydrogens is 621 g/mol. The summed E-state index contributed by atoms with van der Waals surface area (Å²) < 4.78 is 128. The molecule has 0 bridgehead atoms. The highest BCUT2D eigenvalue weighted by molar-refractivity contribution is 5.97. The van der Waals surface area contributed by atoms with Gasteiger partial charge >= 0.3 is 24.5 Å². The molecule has 1 aliphatic carbocycles. The van der Waals surface area contributed by atoms with Gasteiger partial charge in [-0.2, -0.15) is 39.5 Å². The molecule has 5 rings (SSSR count). The lowest BCUT2D eigenvalue weighted by Crippen LogP contribution is -2.18. The summed E-state index contributed by atoms with van der Waals surface area (Å²) in [5.41, 5.74) is -2.80. The van der Waals surface area contributed by atoms with Crippen molar-refractivity contribution in [3.63, 3.8) is 0 Å². The lowest BCUT2D eigenvalue weighted by atomic mass is 9.84. The molecule has 2 aliphatic rings. The summed E-state index contributed by atoms with van der Waals surface area (Å²) in [6.45, 7) is 0. The molecular formula is C31H24F9NO4. The van der Waals surface area contributed by atoms with Gasteiger partial charge in [0.1, 0.15) is 5.75 Å². The van der Waals surface area contributed by atoms with E-state index in [1.165, 1.54) is 13.2 Å². The minimum absolute atomic E-state index is 0.00452. The molecule has 3 aromatic carbocycles. The Morgan fingerprint density at radius 3 is 2.07 bits per heavy atom. The highest BCUT2D eigenvalue weighted by Crippen LogP contribution is 2.51. The van der Waals surface area contributed by atoms with Crippen molar-refractivity contribution >= 4 is 11.7 Å². The van der Waals surface area contributed by atoms with Gasteiger partial charge in [0.15, 0.2) is 6.10 Å². The Balaban J connectivity index is 1.57. The van der Waals surface area contributed by atoms with E-state index in [-0.39, 0.29) is 48.8 Å². The first-order valence-corrected chi connectivity index (χ1v) is 13.6. The number of hydrogen-bond donors (Lipinski definition) is 1. The summed E-state index contributed by atoms with van der Waals surface area (Å²) in [6, 6.07) is 9.00. The van der Waals surface area contributed by atoms with Crippen LogP contribution >= 0.6 is 0 Å². The maximum Gasteiger partial charge on any atom is 0.416 e. The third-order valence-electron chi connectivity index (χ3n) is 8.01. The molecule has 1 aliphatic heterocycles. The average Bonchev–Trinajstić information content (AvgIpc) is 3.56. The number of nitrogens with zero attached hydrogens (tertiary/aromatic N) is 1. The van der Waals surface area contributed by atoms with Crippen LogP contribution in [0, 0.1) is 5.92 Å². The standard InChI is InChI=1S/C31H24F9NO4/c1-44-25-8-2-15(3-9-26(42)43)10-24(25)20-5-4-17(29(32,33)34)14-23(20)21-6-7-22-27(21)41-45-28(22)16-11-18(30(35,36)37)13-19(12-16)31(38,39)40/h2,4-5,8,10-14,21-22,28H,3,6-7,9H2,1H3,(H,42,43). The SMILES string of the molecule is COc1ccc(CCC(=O)O)cc1-c1ccc(C(F)(F)F)cc1C1CCC2C1=NOC2c1cc(C(F)(F)F)cc(C(F)(F)F)c1. The number of hydrogen-bond acceptors (Lipinski definition) is 4. The third kappa shape index (κ3) is 6.59. The van der Waals surface area contributed by atoms with E-state index < -0.39 is 64.7 Å². The van der Waals surface area contributed by atoms with E-state index in [1.54, 1.807) is 18.2 Å². The third-order valence-corrected chi connectivity index (χ3v) is 8.01. The Hall–Kier alpha value is -4.23. The minimum Gasteiger partial charge on any atom is -0.496 e. The number of rotatable bonds is 7. The van der Waals surface area contributed by atoms with Crippen LogP contribution in [-0.2, 0) is 34.6 Å². The van der Waals surface area contributed by atoms with Gasteiger partial charge in [0.2, 0.25) is 0 Å². The smallest absolute Gasteiger partial charge is 0.416 e. The predicted octanol–water partition coefficient (Wildman–Crippen LogP) is 9.06. The highest BCUT2D eigenvalue weighted by atomic mass is 19.4.